The predicted octanol–water partition coefficient (Wildman–Crippen LogP) is 1.44. The number of nitrogens with one attached hydrogen (secondary N) is 1. The van der Waals surface area contributed by atoms with Crippen molar-refractivity contribution in [1.29, 1.82) is 0 Å². The molecular formula is C11H14N4O. The van der Waals surface area contributed by atoms with Crippen molar-refractivity contribution >= 4 is 5.82 Å². The fourth-order valence-electron chi connectivity index (χ4n) is 1.36. The number of ether oxygens (including phenoxy) is 1. The van der Waals surface area contributed by atoms with Crippen LogP contribution in [-0.4, -0.2) is 21.9 Å². The maximum absolute atomic E-state index is 5.03. The summed E-state index contributed by atoms with van der Waals surface area (Å²) in [6.07, 6.45) is 3.46. The van der Waals surface area contributed by atoms with E-state index in [0.717, 1.165) is 17.3 Å². The van der Waals surface area contributed by atoms with Crippen LogP contribution >= 0.6 is 0 Å². The standard InChI is InChI=1S/C11H14N4O/c1-15-9(5-6-14-15)7-12-11-4-3-10(16-2)8-13-11/h3-6,8H,7H2,1-2H3,(H,12,13). The van der Waals surface area contributed by atoms with Crippen molar-refractivity contribution in [2.45, 2.75) is 6.54 Å². The van der Waals surface area contributed by atoms with Gasteiger partial charge in [-0.2, -0.15) is 5.10 Å². The summed E-state index contributed by atoms with van der Waals surface area (Å²) in [6.45, 7) is 0.704. The van der Waals surface area contributed by atoms with Crippen LogP contribution in [0.2, 0.25) is 0 Å². The zero-order valence-electron chi connectivity index (χ0n) is 9.34. The molecule has 0 saturated carbocycles. The van der Waals surface area contributed by atoms with Gasteiger partial charge in [-0.05, 0) is 18.2 Å². The number of nitrogens with zero attached hydrogens (tertiary/aromatic N) is 3. The van der Waals surface area contributed by atoms with E-state index in [1.165, 1.54) is 0 Å². The molecule has 2 heterocycles. The molecule has 5 heteroatoms. The molecule has 84 valence electrons. The first-order valence-electron chi connectivity index (χ1n) is 5.00. The number of anilines is 1. The Hall–Kier alpha value is -2.04. The Morgan fingerprint density at radius 1 is 1.38 bits per heavy atom. The van der Waals surface area contributed by atoms with Gasteiger partial charge in [-0.1, -0.05) is 0 Å². The van der Waals surface area contributed by atoms with Crippen LogP contribution < -0.4 is 10.1 Å². The Bertz CT molecular complexity index is 449. The maximum atomic E-state index is 5.03. The van der Waals surface area contributed by atoms with E-state index in [9.17, 15) is 0 Å². The van der Waals surface area contributed by atoms with Gasteiger partial charge < -0.3 is 10.1 Å². The molecular weight excluding hydrogens is 204 g/mol. The van der Waals surface area contributed by atoms with Crippen LogP contribution in [0.3, 0.4) is 0 Å². The van der Waals surface area contributed by atoms with Gasteiger partial charge in [0.05, 0.1) is 25.5 Å². The number of hydrogen-bond donors (Lipinski definition) is 1. The summed E-state index contributed by atoms with van der Waals surface area (Å²) in [5, 5.41) is 7.30. The molecule has 0 bridgehead atoms. The van der Waals surface area contributed by atoms with Crippen LogP contribution in [0, 0.1) is 0 Å². The first-order chi connectivity index (χ1) is 7.79. The third-order valence-corrected chi connectivity index (χ3v) is 2.35. The zero-order valence-corrected chi connectivity index (χ0v) is 9.34. The van der Waals surface area contributed by atoms with Gasteiger partial charge in [0.15, 0.2) is 0 Å². The number of hydrogen-bond acceptors (Lipinski definition) is 4. The van der Waals surface area contributed by atoms with E-state index in [-0.39, 0.29) is 0 Å². The van der Waals surface area contributed by atoms with Crippen molar-refractivity contribution in [2.24, 2.45) is 7.05 Å². The molecule has 0 aliphatic carbocycles. The van der Waals surface area contributed by atoms with Gasteiger partial charge in [-0.25, -0.2) is 4.98 Å². The van der Waals surface area contributed by atoms with E-state index in [2.05, 4.69) is 15.4 Å². The van der Waals surface area contributed by atoms with E-state index in [0.29, 0.717) is 6.54 Å². The van der Waals surface area contributed by atoms with E-state index in [1.807, 2.05) is 29.9 Å². The van der Waals surface area contributed by atoms with Gasteiger partial charge in [0, 0.05) is 13.2 Å². The van der Waals surface area contributed by atoms with Gasteiger partial charge >= 0.3 is 0 Å². The Morgan fingerprint density at radius 3 is 2.81 bits per heavy atom. The lowest BCUT2D eigenvalue weighted by Crippen LogP contribution is -2.06. The molecule has 0 aliphatic heterocycles. The molecule has 16 heavy (non-hydrogen) atoms. The molecule has 1 N–H and O–H groups in total. The quantitative estimate of drug-likeness (QED) is 0.843. The summed E-state index contributed by atoms with van der Waals surface area (Å²) in [5.41, 5.74) is 1.11. The highest BCUT2D eigenvalue weighted by Gasteiger charge is 1.99. The number of aromatic nitrogens is 3. The minimum absolute atomic E-state index is 0.704. The molecule has 0 radical (unpaired) electrons. The van der Waals surface area contributed by atoms with E-state index in [1.54, 1.807) is 19.5 Å². The molecule has 2 aromatic heterocycles. The second-order valence-electron chi connectivity index (χ2n) is 3.38. The lowest BCUT2D eigenvalue weighted by Gasteiger charge is -2.06. The van der Waals surface area contributed by atoms with Gasteiger partial charge in [0.25, 0.3) is 0 Å². The summed E-state index contributed by atoms with van der Waals surface area (Å²) >= 11 is 0. The lowest BCUT2D eigenvalue weighted by atomic mass is 10.4. The fraction of sp³-hybridized carbons (Fsp3) is 0.273. The molecule has 0 unspecified atom stereocenters. The molecule has 0 fully saturated rings. The molecule has 0 atom stereocenters. The van der Waals surface area contributed by atoms with Gasteiger partial charge in [0.2, 0.25) is 0 Å². The minimum Gasteiger partial charge on any atom is -0.495 e. The monoisotopic (exact) mass is 218 g/mol. The Balaban J connectivity index is 1.97. The minimum atomic E-state index is 0.704. The molecule has 2 aromatic rings. The molecule has 5 nitrogen and oxygen atoms in total. The molecule has 0 amide bonds. The predicted molar refractivity (Wildman–Crippen MR) is 61.3 cm³/mol. The van der Waals surface area contributed by atoms with Gasteiger partial charge in [-0.3, -0.25) is 4.68 Å². The molecule has 0 aromatic carbocycles. The second kappa shape index (κ2) is 4.65. The number of rotatable bonds is 4. The van der Waals surface area contributed by atoms with Gasteiger partial charge in [-0.15, -0.1) is 0 Å². The largest absolute Gasteiger partial charge is 0.495 e. The second-order valence-corrected chi connectivity index (χ2v) is 3.38. The van der Waals surface area contributed by atoms with Crippen LogP contribution in [0.15, 0.2) is 30.6 Å². The highest BCUT2D eigenvalue weighted by molar-refractivity contribution is 5.37. The van der Waals surface area contributed by atoms with Gasteiger partial charge in [0.1, 0.15) is 11.6 Å². The summed E-state index contributed by atoms with van der Waals surface area (Å²) in [6, 6.07) is 5.73. The van der Waals surface area contributed by atoms with E-state index in [4.69, 9.17) is 4.74 Å². The number of pyridine rings is 1. The molecule has 0 saturated heterocycles. The highest BCUT2D eigenvalue weighted by atomic mass is 16.5. The van der Waals surface area contributed by atoms with Crippen LogP contribution in [0.4, 0.5) is 5.82 Å². The Morgan fingerprint density at radius 2 is 2.25 bits per heavy atom. The normalized spacial score (nSPS) is 10.1. The number of methoxy groups -OCH3 is 1. The Labute approximate surface area is 94.1 Å². The lowest BCUT2D eigenvalue weighted by molar-refractivity contribution is 0.413. The Kier molecular flexibility index (Phi) is 3.05. The molecule has 2 rings (SSSR count). The van der Waals surface area contributed by atoms with Crippen LogP contribution in [0.1, 0.15) is 5.69 Å². The maximum Gasteiger partial charge on any atom is 0.137 e. The zero-order chi connectivity index (χ0) is 11.4. The summed E-state index contributed by atoms with van der Waals surface area (Å²) in [7, 11) is 3.54. The third-order valence-electron chi connectivity index (χ3n) is 2.35. The van der Waals surface area contributed by atoms with Crippen molar-refractivity contribution < 1.29 is 4.74 Å². The highest BCUT2D eigenvalue weighted by Crippen LogP contribution is 2.11. The van der Waals surface area contributed by atoms with Crippen molar-refractivity contribution in [3.05, 3.63) is 36.3 Å². The van der Waals surface area contributed by atoms with Crippen molar-refractivity contribution in [2.75, 3.05) is 12.4 Å². The first kappa shape index (κ1) is 10.5. The number of aryl methyl sites for hydroxylation is 1. The molecule has 0 aliphatic rings. The SMILES string of the molecule is COc1ccc(NCc2ccnn2C)nc1. The summed E-state index contributed by atoms with van der Waals surface area (Å²) < 4.78 is 6.86. The first-order valence-corrected chi connectivity index (χ1v) is 5.00. The average molecular weight is 218 g/mol. The van der Waals surface area contributed by atoms with Crippen molar-refractivity contribution in [3.8, 4) is 5.75 Å². The van der Waals surface area contributed by atoms with Crippen molar-refractivity contribution in [3.63, 3.8) is 0 Å². The van der Waals surface area contributed by atoms with Crippen LogP contribution in [-0.2, 0) is 13.6 Å². The van der Waals surface area contributed by atoms with Crippen LogP contribution in [0.25, 0.3) is 0 Å². The van der Waals surface area contributed by atoms with E-state index >= 15 is 0 Å². The summed E-state index contributed by atoms with van der Waals surface area (Å²) in [4.78, 5) is 4.21. The molecule has 0 spiro atoms. The summed E-state index contributed by atoms with van der Waals surface area (Å²) in [5.74, 6) is 1.58. The fourth-order valence-corrected chi connectivity index (χ4v) is 1.36. The average Bonchev–Trinajstić information content (AvgIpc) is 2.73. The van der Waals surface area contributed by atoms with Crippen molar-refractivity contribution in [1.82, 2.24) is 14.8 Å². The van der Waals surface area contributed by atoms with Crippen LogP contribution in [0.5, 0.6) is 5.75 Å². The van der Waals surface area contributed by atoms with E-state index < -0.39 is 0 Å². The third kappa shape index (κ3) is 2.31. The smallest absolute Gasteiger partial charge is 0.137 e. The topological polar surface area (TPSA) is 52.0 Å².